The summed E-state index contributed by atoms with van der Waals surface area (Å²) in [5, 5.41) is 18.3. The standard InChI is InChI=1S/C19H16F4O2.C16H12F4O2/c1-11-3-4-13(17(20)7-11)8-14(9-19(22)23)16-6-5-15(10-18(16)21)25-12(2)24;17-14-7-11(21)2-1-9(14)5-10(6-16(19)20)13-4-3-12(22)8-15(13)18/h3-7,9-10,14H,8H2,1-2H3;1-4,6-8,10,21-22H,5H2. The zero-order chi connectivity index (χ0) is 34.8. The molecule has 47 heavy (non-hydrogen) atoms. The summed E-state index contributed by atoms with van der Waals surface area (Å²) in [6.45, 7) is 2.87. The minimum atomic E-state index is -2.02. The van der Waals surface area contributed by atoms with Crippen LogP contribution in [-0.2, 0) is 17.6 Å². The SMILES string of the molecule is CC(=O)Oc1ccc(C(C=C(F)F)Cc2ccc(C)cc2F)c(F)c1.Oc1ccc(CC(C=C(F)F)c2ccc(O)cc2F)c(F)c1. The van der Waals surface area contributed by atoms with Crippen LogP contribution in [0.3, 0.4) is 0 Å². The van der Waals surface area contributed by atoms with E-state index in [1.165, 1.54) is 48.5 Å². The number of phenols is 2. The molecular weight excluding hydrogens is 636 g/mol. The minimum absolute atomic E-state index is 0.0290. The van der Waals surface area contributed by atoms with Gasteiger partial charge in [0, 0.05) is 37.0 Å². The topological polar surface area (TPSA) is 66.8 Å². The highest BCUT2D eigenvalue weighted by atomic mass is 19.3. The minimum Gasteiger partial charge on any atom is -0.508 e. The summed E-state index contributed by atoms with van der Waals surface area (Å²) in [5.41, 5.74) is 0.841. The Kier molecular flexibility index (Phi) is 12.7. The van der Waals surface area contributed by atoms with E-state index < -0.39 is 53.2 Å². The summed E-state index contributed by atoms with van der Waals surface area (Å²) in [7, 11) is 0. The van der Waals surface area contributed by atoms with Crippen LogP contribution < -0.4 is 4.74 Å². The molecule has 4 nitrogen and oxygen atoms in total. The number of hydrogen-bond donors (Lipinski definition) is 2. The van der Waals surface area contributed by atoms with E-state index in [9.17, 15) is 45.0 Å². The van der Waals surface area contributed by atoms with Gasteiger partial charge < -0.3 is 14.9 Å². The van der Waals surface area contributed by atoms with Gasteiger partial charge in [0.1, 0.15) is 40.5 Å². The van der Waals surface area contributed by atoms with Crippen LogP contribution in [0.4, 0.5) is 35.1 Å². The van der Waals surface area contributed by atoms with E-state index in [-0.39, 0.29) is 52.3 Å². The predicted octanol–water partition coefficient (Wildman–Crippen LogP) is 9.79. The van der Waals surface area contributed by atoms with Gasteiger partial charge >= 0.3 is 5.97 Å². The second-order valence-electron chi connectivity index (χ2n) is 10.4. The summed E-state index contributed by atoms with van der Waals surface area (Å²) in [5.74, 6) is -6.42. The Morgan fingerprint density at radius 3 is 1.55 bits per heavy atom. The van der Waals surface area contributed by atoms with Crippen molar-refractivity contribution in [2.75, 3.05) is 0 Å². The Hall–Kier alpha value is -5.13. The van der Waals surface area contributed by atoms with Crippen molar-refractivity contribution in [1.29, 1.82) is 0 Å². The Morgan fingerprint density at radius 2 is 1.11 bits per heavy atom. The fourth-order valence-electron chi connectivity index (χ4n) is 4.67. The van der Waals surface area contributed by atoms with Crippen molar-refractivity contribution in [3.63, 3.8) is 0 Å². The van der Waals surface area contributed by atoms with Gasteiger partial charge in [-0.2, -0.15) is 17.6 Å². The molecule has 0 aromatic heterocycles. The molecule has 4 rings (SSSR count). The number of phenolic OH excluding ortho intramolecular Hbond substituents is 2. The maximum atomic E-state index is 14.3. The number of hydrogen-bond acceptors (Lipinski definition) is 4. The number of carbonyl (C=O) groups excluding carboxylic acids is 1. The zero-order valence-electron chi connectivity index (χ0n) is 24.9. The lowest BCUT2D eigenvalue weighted by Gasteiger charge is -2.15. The maximum absolute atomic E-state index is 14.3. The molecule has 248 valence electrons. The molecule has 4 aromatic carbocycles. The highest BCUT2D eigenvalue weighted by Gasteiger charge is 2.20. The van der Waals surface area contributed by atoms with Gasteiger partial charge in [0.25, 0.3) is 12.2 Å². The summed E-state index contributed by atoms with van der Waals surface area (Å²) in [6.07, 6.45) is -3.23. The van der Waals surface area contributed by atoms with Crippen LogP contribution in [-0.4, -0.2) is 16.2 Å². The molecule has 2 N–H and O–H groups in total. The van der Waals surface area contributed by atoms with Crippen LogP contribution in [0.2, 0.25) is 0 Å². The molecule has 0 spiro atoms. The zero-order valence-corrected chi connectivity index (χ0v) is 24.9. The molecule has 2 unspecified atom stereocenters. The van der Waals surface area contributed by atoms with E-state index in [2.05, 4.69) is 0 Å². The molecule has 0 aliphatic heterocycles. The van der Waals surface area contributed by atoms with E-state index in [1.807, 2.05) is 0 Å². The lowest BCUT2D eigenvalue weighted by atomic mass is 9.91. The highest BCUT2D eigenvalue weighted by Crippen LogP contribution is 2.32. The summed E-state index contributed by atoms with van der Waals surface area (Å²) >= 11 is 0. The van der Waals surface area contributed by atoms with Crippen LogP contribution >= 0.6 is 0 Å². The Bertz CT molecular complexity index is 1780. The summed E-state index contributed by atoms with van der Waals surface area (Å²) in [4.78, 5) is 10.9. The number of aromatic hydroxyl groups is 2. The highest BCUT2D eigenvalue weighted by molar-refractivity contribution is 5.69. The Morgan fingerprint density at radius 1 is 0.660 bits per heavy atom. The van der Waals surface area contributed by atoms with E-state index in [0.29, 0.717) is 17.7 Å². The van der Waals surface area contributed by atoms with Gasteiger partial charge in [-0.3, -0.25) is 4.79 Å². The Labute approximate surface area is 264 Å². The number of allylic oxidation sites excluding steroid dienone is 2. The van der Waals surface area contributed by atoms with E-state index in [1.54, 1.807) is 13.0 Å². The lowest BCUT2D eigenvalue weighted by molar-refractivity contribution is -0.131. The van der Waals surface area contributed by atoms with Crippen molar-refractivity contribution < 1.29 is 54.9 Å². The third-order valence-electron chi connectivity index (χ3n) is 6.80. The third kappa shape index (κ3) is 11.0. The number of aryl methyl sites for hydroxylation is 1. The van der Waals surface area contributed by atoms with Crippen LogP contribution in [0.25, 0.3) is 0 Å². The summed E-state index contributed by atoms with van der Waals surface area (Å²) in [6, 6.07) is 14.4. The molecule has 2 atom stereocenters. The first-order valence-corrected chi connectivity index (χ1v) is 13.9. The molecule has 0 aliphatic rings. The van der Waals surface area contributed by atoms with Crippen molar-refractivity contribution >= 4 is 5.97 Å². The smallest absolute Gasteiger partial charge is 0.308 e. The number of esters is 1. The molecule has 4 aromatic rings. The number of carbonyl (C=O) groups is 1. The maximum Gasteiger partial charge on any atom is 0.308 e. The monoisotopic (exact) mass is 664 g/mol. The second kappa shape index (κ2) is 16.4. The van der Waals surface area contributed by atoms with E-state index in [0.717, 1.165) is 25.1 Å². The van der Waals surface area contributed by atoms with Gasteiger partial charge in [-0.1, -0.05) is 30.3 Å². The van der Waals surface area contributed by atoms with Crippen LogP contribution in [0, 0.1) is 30.2 Å². The first-order valence-electron chi connectivity index (χ1n) is 13.9. The van der Waals surface area contributed by atoms with Crippen molar-refractivity contribution in [2.24, 2.45) is 0 Å². The van der Waals surface area contributed by atoms with Crippen LogP contribution in [0.15, 0.2) is 97.1 Å². The first-order chi connectivity index (χ1) is 22.1. The normalized spacial score (nSPS) is 11.9. The van der Waals surface area contributed by atoms with E-state index >= 15 is 0 Å². The molecule has 12 heteroatoms. The molecule has 0 amide bonds. The second-order valence-corrected chi connectivity index (χ2v) is 10.4. The molecule has 0 fully saturated rings. The first kappa shape index (κ1) is 36.3. The van der Waals surface area contributed by atoms with Gasteiger partial charge in [0.2, 0.25) is 0 Å². The van der Waals surface area contributed by atoms with Gasteiger partial charge in [-0.15, -0.1) is 0 Å². The molecular formula is C35H28F8O4. The molecule has 0 aliphatic carbocycles. The van der Waals surface area contributed by atoms with Gasteiger partial charge in [0.05, 0.1) is 0 Å². The predicted molar refractivity (Wildman–Crippen MR) is 158 cm³/mol. The molecule has 0 saturated carbocycles. The van der Waals surface area contributed by atoms with Gasteiger partial charge in [-0.05, 0) is 84.0 Å². The van der Waals surface area contributed by atoms with Crippen LogP contribution in [0.1, 0.15) is 46.6 Å². The number of rotatable bonds is 9. The van der Waals surface area contributed by atoms with Crippen LogP contribution in [0.5, 0.6) is 17.2 Å². The lowest BCUT2D eigenvalue weighted by Crippen LogP contribution is -2.07. The Balaban J connectivity index is 0.000000257. The van der Waals surface area contributed by atoms with Crippen molar-refractivity contribution in [2.45, 2.75) is 38.5 Å². The fourth-order valence-corrected chi connectivity index (χ4v) is 4.67. The van der Waals surface area contributed by atoms with Crippen molar-refractivity contribution in [3.8, 4) is 17.2 Å². The van der Waals surface area contributed by atoms with Crippen molar-refractivity contribution in [1.82, 2.24) is 0 Å². The largest absolute Gasteiger partial charge is 0.508 e. The molecule has 0 saturated heterocycles. The average molecular weight is 665 g/mol. The number of halogens is 8. The third-order valence-corrected chi connectivity index (χ3v) is 6.80. The van der Waals surface area contributed by atoms with Gasteiger partial charge in [-0.25, -0.2) is 17.6 Å². The number of ether oxygens (including phenoxy) is 1. The summed E-state index contributed by atoms with van der Waals surface area (Å²) < 4.78 is 111. The molecule has 0 heterocycles. The molecule has 0 bridgehead atoms. The quantitative estimate of drug-likeness (QED) is 0.106. The van der Waals surface area contributed by atoms with Gasteiger partial charge in [0.15, 0.2) is 0 Å². The van der Waals surface area contributed by atoms with Crippen molar-refractivity contribution in [3.05, 3.63) is 148 Å². The van der Waals surface area contributed by atoms with E-state index in [4.69, 9.17) is 9.84 Å². The average Bonchev–Trinajstić information content (AvgIpc) is 2.95. The number of benzene rings is 4. The fraction of sp³-hybridized carbons (Fsp3) is 0.171. The molecule has 0 radical (unpaired) electrons.